The van der Waals surface area contributed by atoms with Crippen LogP contribution in [0.1, 0.15) is 0 Å². The molecule has 0 spiro atoms. The lowest BCUT2D eigenvalue weighted by atomic mass is 10.1. The minimum Gasteiger partial charge on any atom is -0.493 e. The fraction of sp³-hybridized carbons (Fsp3) is 0.167. The quantitative estimate of drug-likeness (QED) is 0.436. The molecular weight excluding hydrogens is 416 g/mol. The average molecular weight is 434 g/mol. The Kier molecular flexibility index (Phi) is 5.52. The van der Waals surface area contributed by atoms with E-state index in [4.69, 9.17) is 19.9 Å². The zero-order valence-corrected chi connectivity index (χ0v) is 17.0. The minimum atomic E-state index is -4.27. The highest BCUT2D eigenvalue weighted by Gasteiger charge is 2.25. The summed E-state index contributed by atoms with van der Waals surface area (Å²) in [6.45, 7) is 0. The number of nitrogens with two attached hydrogens (primary N) is 1. The first-order chi connectivity index (χ1) is 14.2. The van der Waals surface area contributed by atoms with Gasteiger partial charge in [-0.05, 0) is 18.2 Å². The second kappa shape index (κ2) is 7.91. The summed E-state index contributed by atoms with van der Waals surface area (Å²) in [4.78, 5) is 9.97. The molecule has 0 amide bonds. The predicted octanol–water partition coefficient (Wildman–Crippen LogP) is 2.30. The number of nitrogen functional groups attached to an aromatic ring is 1. The molecule has 0 atom stereocenters. The molecule has 3 aromatic rings. The zero-order chi connectivity index (χ0) is 22.1. The van der Waals surface area contributed by atoms with E-state index in [2.05, 4.69) is 5.10 Å². The van der Waals surface area contributed by atoms with Crippen molar-refractivity contribution in [3.63, 3.8) is 0 Å². The topological polar surface area (TPSA) is 149 Å². The van der Waals surface area contributed by atoms with Gasteiger partial charge in [-0.3, -0.25) is 10.1 Å². The fourth-order valence-corrected chi connectivity index (χ4v) is 4.05. The van der Waals surface area contributed by atoms with Crippen LogP contribution < -0.4 is 19.9 Å². The number of ether oxygens (including phenoxy) is 3. The van der Waals surface area contributed by atoms with Gasteiger partial charge in [0.25, 0.3) is 15.7 Å². The molecule has 0 bridgehead atoms. The van der Waals surface area contributed by atoms with Gasteiger partial charge in [0.05, 0.1) is 36.8 Å². The van der Waals surface area contributed by atoms with Gasteiger partial charge in [0.2, 0.25) is 5.75 Å². The molecule has 0 saturated heterocycles. The maximum atomic E-state index is 12.9. The van der Waals surface area contributed by atoms with Crippen molar-refractivity contribution in [3.05, 3.63) is 52.6 Å². The molecule has 0 aliphatic heterocycles. The van der Waals surface area contributed by atoms with Gasteiger partial charge in [0.15, 0.2) is 11.5 Å². The summed E-state index contributed by atoms with van der Waals surface area (Å²) in [6, 6.07) is 9.16. The molecule has 0 radical (unpaired) electrons. The van der Waals surface area contributed by atoms with Gasteiger partial charge in [-0.2, -0.15) is 13.5 Å². The maximum Gasteiger partial charge on any atom is 0.285 e. The average Bonchev–Trinajstić information content (AvgIpc) is 3.15. The number of aromatic nitrogens is 2. The summed E-state index contributed by atoms with van der Waals surface area (Å²) in [6.07, 6.45) is 0. The number of rotatable bonds is 7. The van der Waals surface area contributed by atoms with Gasteiger partial charge in [-0.25, -0.2) is 0 Å². The van der Waals surface area contributed by atoms with Gasteiger partial charge in [-0.1, -0.05) is 6.07 Å². The van der Waals surface area contributed by atoms with Gasteiger partial charge >= 0.3 is 0 Å². The Morgan fingerprint density at radius 2 is 1.67 bits per heavy atom. The molecule has 11 nitrogen and oxygen atoms in total. The number of hydrogen-bond acceptors (Lipinski definition) is 9. The largest absolute Gasteiger partial charge is 0.493 e. The van der Waals surface area contributed by atoms with Crippen LogP contribution >= 0.6 is 0 Å². The van der Waals surface area contributed by atoms with Crippen molar-refractivity contribution in [2.75, 3.05) is 27.1 Å². The highest BCUT2D eigenvalue weighted by molar-refractivity contribution is 7.90. The standard InChI is InChI=1S/C18H18N4O7S/c1-27-15-7-11(8-16(28-2)18(15)29-3)14-10-17(19)21(20-14)30(25,26)13-6-4-5-12(9-13)22(23)24/h4-10H,19H2,1-3H3. The van der Waals surface area contributed by atoms with E-state index in [0.717, 1.165) is 6.07 Å². The van der Waals surface area contributed by atoms with Crippen molar-refractivity contribution in [1.29, 1.82) is 0 Å². The van der Waals surface area contributed by atoms with Crippen LogP contribution in [0.15, 0.2) is 47.4 Å². The lowest BCUT2D eigenvalue weighted by Gasteiger charge is -2.13. The number of nitro benzene ring substituents is 1. The van der Waals surface area contributed by atoms with Gasteiger partial charge < -0.3 is 19.9 Å². The molecule has 30 heavy (non-hydrogen) atoms. The first kappa shape index (κ1) is 20.9. The summed E-state index contributed by atoms with van der Waals surface area (Å²) >= 11 is 0. The maximum absolute atomic E-state index is 12.9. The summed E-state index contributed by atoms with van der Waals surface area (Å²) in [5, 5.41) is 15.1. The van der Waals surface area contributed by atoms with Crippen molar-refractivity contribution in [1.82, 2.24) is 9.19 Å². The molecule has 158 valence electrons. The highest BCUT2D eigenvalue weighted by atomic mass is 32.2. The van der Waals surface area contributed by atoms with Crippen molar-refractivity contribution < 1.29 is 27.6 Å². The van der Waals surface area contributed by atoms with E-state index in [1.54, 1.807) is 12.1 Å². The van der Waals surface area contributed by atoms with Gasteiger partial charge in [0.1, 0.15) is 5.82 Å². The molecule has 0 saturated carbocycles. The van der Waals surface area contributed by atoms with Crippen molar-refractivity contribution >= 4 is 21.5 Å². The summed E-state index contributed by atoms with van der Waals surface area (Å²) in [5.74, 6) is 0.883. The smallest absolute Gasteiger partial charge is 0.285 e. The van der Waals surface area contributed by atoms with Gasteiger partial charge in [0, 0.05) is 23.8 Å². The van der Waals surface area contributed by atoms with E-state index >= 15 is 0 Å². The van der Waals surface area contributed by atoms with Crippen molar-refractivity contribution in [2.24, 2.45) is 0 Å². The predicted molar refractivity (Wildman–Crippen MR) is 107 cm³/mol. The molecule has 1 aromatic heterocycles. The first-order valence-electron chi connectivity index (χ1n) is 8.39. The summed E-state index contributed by atoms with van der Waals surface area (Å²) in [5.41, 5.74) is 6.21. The Bertz CT molecular complexity index is 1200. The van der Waals surface area contributed by atoms with Crippen LogP contribution in [0.4, 0.5) is 11.5 Å². The minimum absolute atomic E-state index is 0.176. The number of nitro groups is 1. The molecule has 1 heterocycles. The Balaban J connectivity index is 2.12. The van der Waals surface area contributed by atoms with E-state index in [1.807, 2.05) is 0 Å². The van der Waals surface area contributed by atoms with Gasteiger partial charge in [-0.15, -0.1) is 4.09 Å². The second-order valence-electron chi connectivity index (χ2n) is 5.97. The number of benzene rings is 2. The number of hydrogen-bond donors (Lipinski definition) is 1. The molecular formula is C18H18N4O7S. The van der Waals surface area contributed by atoms with E-state index < -0.39 is 14.9 Å². The highest BCUT2D eigenvalue weighted by Crippen LogP contribution is 2.41. The van der Waals surface area contributed by atoms with E-state index in [9.17, 15) is 18.5 Å². The molecule has 0 fully saturated rings. The third kappa shape index (κ3) is 3.59. The first-order valence-corrected chi connectivity index (χ1v) is 9.83. The lowest BCUT2D eigenvalue weighted by Crippen LogP contribution is -2.17. The Hall–Kier alpha value is -3.80. The Labute approximate surface area is 171 Å². The lowest BCUT2D eigenvalue weighted by molar-refractivity contribution is -0.385. The van der Waals surface area contributed by atoms with Crippen LogP contribution in [-0.4, -0.2) is 43.9 Å². The van der Waals surface area contributed by atoms with Crippen LogP contribution in [0.25, 0.3) is 11.3 Å². The number of non-ortho nitro benzene ring substituents is 1. The van der Waals surface area contributed by atoms with Crippen molar-refractivity contribution in [3.8, 4) is 28.5 Å². The van der Waals surface area contributed by atoms with Crippen LogP contribution in [0.2, 0.25) is 0 Å². The second-order valence-corrected chi connectivity index (χ2v) is 7.74. The van der Waals surface area contributed by atoms with Crippen LogP contribution in [0, 0.1) is 10.1 Å². The molecule has 0 aliphatic carbocycles. The SMILES string of the molecule is COc1cc(-c2cc(N)n(S(=O)(=O)c3cccc([N+](=O)[O-])c3)n2)cc(OC)c1OC. The number of anilines is 1. The molecule has 2 N–H and O–H groups in total. The Morgan fingerprint density at radius 1 is 1.03 bits per heavy atom. The van der Waals surface area contributed by atoms with Crippen LogP contribution in [-0.2, 0) is 10.0 Å². The molecule has 0 aliphatic rings. The molecule has 0 unspecified atom stereocenters. The van der Waals surface area contributed by atoms with E-state index in [1.165, 1.54) is 45.6 Å². The molecule has 2 aromatic carbocycles. The number of methoxy groups -OCH3 is 3. The van der Waals surface area contributed by atoms with Crippen LogP contribution in [0.3, 0.4) is 0 Å². The van der Waals surface area contributed by atoms with Crippen LogP contribution in [0.5, 0.6) is 17.2 Å². The molecule has 3 rings (SSSR count). The number of nitrogens with zero attached hydrogens (tertiary/aromatic N) is 3. The third-order valence-corrected chi connectivity index (χ3v) is 5.82. The van der Waals surface area contributed by atoms with E-state index in [0.29, 0.717) is 26.9 Å². The third-order valence-electron chi connectivity index (χ3n) is 4.22. The van der Waals surface area contributed by atoms with E-state index in [-0.39, 0.29) is 22.1 Å². The fourth-order valence-electron chi connectivity index (χ4n) is 2.80. The van der Waals surface area contributed by atoms with Crippen molar-refractivity contribution in [2.45, 2.75) is 4.90 Å². The molecule has 12 heteroatoms. The zero-order valence-electron chi connectivity index (χ0n) is 16.2. The Morgan fingerprint density at radius 3 is 2.20 bits per heavy atom. The normalized spacial score (nSPS) is 11.2. The summed E-state index contributed by atoms with van der Waals surface area (Å²) in [7, 11) is 0.0791. The summed E-state index contributed by atoms with van der Waals surface area (Å²) < 4.78 is 42.4. The monoisotopic (exact) mass is 434 g/mol.